The van der Waals surface area contributed by atoms with Crippen LogP contribution in [0.5, 0.6) is 0 Å². The van der Waals surface area contributed by atoms with E-state index in [2.05, 4.69) is 10.3 Å². The summed E-state index contributed by atoms with van der Waals surface area (Å²) in [4.78, 5) is 15.0. The Bertz CT molecular complexity index is 295. The average molecular weight is 219 g/mol. The van der Waals surface area contributed by atoms with Crippen LogP contribution in [0.3, 0.4) is 0 Å². The highest BCUT2D eigenvalue weighted by atomic mass is 35.5. The third kappa shape index (κ3) is 3.20. The van der Waals surface area contributed by atoms with E-state index in [0.29, 0.717) is 5.69 Å². The van der Waals surface area contributed by atoms with Crippen molar-refractivity contribution in [3.05, 3.63) is 24.5 Å². The zero-order chi connectivity index (χ0) is 9.90. The molecule has 1 aromatic heterocycles. The summed E-state index contributed by atoms with van der Waals surface area (Å²) in [5.41, 5.74) is 0.618. The Morgan fingerprint density at radius 3 is 2.46 bits per heavy atom. The molecule has 0 unspecified atom stereocenters. The molecule has 0 bridgehead atoms. The second-order valence-electron chi connectivity index (χ2n) is 2.58. The lowest BCUT2D eigenvalue weighted by Crippen LogP contribution is -2.29. The Hall–Kier alpha value is -0.800. The van der Waals surface area contributed by atoms with Crippen LogP contribution in [-0.2, 0) is 4.79 Å². The van der Waals surface area contributed by atoms with Crippen LogP contribution in [0.4, 0.5) is 5.69 Å². The molecule has 1 rings (SSSR count). The number of aromatic nitrogens is 1. The zero-order valence-corrected chi connectivity index (χ0v) is 8.43. The highest BCUT2D eigenvalue weighted by Crippen LogP contribution is 2.21. The monoisotopic (exact) mass is 218 g/mol. The molecule has 0 saturated carbocycles. The van der Waals surface area contributed by atoms with Crippen molar-refractivity contribution >= 4 is 34.8 Å². The van der Waals surface area contributed by atoms with Gasteiger partial charge in [0.05, 0.1) is 0 Å². The second kappa shape index (κ2) is 3.94. The predicted molar refractivity (Wildman–Crippen MR) is 53.0 cm³/mol. The van der Waals surface area contributed by atoms with Crippen molar-refractivity contribution in [2.45, 2.75) is 11.3 Å². The summed E-state index contributed by atoms with van der Waals surface area (Å²) < 4.78 is -1.41. The molecule has 13 heavy (non-hydrogen) atoms. The lowest BCUT2D eigenvalue weighted by Gasteiger charge is -2.12. The number of nitrogens with one attached hydrogen (secondary N) is 1. The van der Waals surface area contributed by atoms with E-state index in [1.165, 1.54) is 6.92 Å². The molecule has 0 aliphatic heterocycles. The summed E-state index contributed by atoms with van der Waals surface area (Å²) in [5.74, 6) is -0.456. The van der Waals surface area contributed by atoms with Gasteiger partial charge in [-0.1, -0.05) is 23.2 Å². The maximum absolute atomic E-state index is 11.2. The third-order valence-electron chi connectivity index (χ3n) is 1.34. The van der Waals surface area contributed by atoms with E-state index in [4.69, 9.17) is 23.2 Å². The van der Waals surface area contributed by atoms with Crippen LogP contribution < -0.4 is 5.32 Å². The van der Waals surface area contributed by atoms with Gasteiger partial charge in [0.1, 0.15) is 0 Å². The number of pyridine rings is 1. The van der Waals surface area contributed by atoms with Crippen molar-refractivity contribution in [1.82, 2.24) is 4.98 Å². The SMILES string of the molecule is CC(Cl)(Cl)C(=O)Nc1ccncc1. The van der Waals surface area contributed by atoms with Gasteiger partial charge >= 0.3 is 0 Å². The van der Waals surface area contributed by atoms with Crippen molar-refractivity contribution in [3.8, 4) is 0 Å². The molecule has 0 spiro atoms. The maximum Gasteiger partial charge on any atom is 0.260 e. The van der Waals surface area contributed by atoms with Crippen molar-refractivity contribution in [2.24, 2.45) is 0 Å². The number of halogens is 2. The van der Waals surface area contributed by atoms with Crippen LogP contribution in [0.2, 0.25) is 0 Å². The molecule has 0 saturated heterocycles. The molecule has 70 valence electrons. The number of anilines is 1. The molecule has 5 heteroatoms. The fraction of sp³-hybridized carbons (Fsp3) is 0.250. The van der Waals surface area contributed by atoms with Gasteiger partial charge in [0.2, 0.25) is 0 Å². The van der Waals surface area contributed by atoms with Gasteiger partial charge in [-0.3, -0.25) is 9.78 Å². The fourth-order valence-electron chi connectivity index (χ4n) is 0.676. The van der Waals surface area contributed by atoms with Gasteiger partial charge < -0.3 is 5.32 Å². The number of hydrogen-bond donors (Lipinski definition) is 1. The molecule has 0 aliphatic rings. The first kappa shape index (κ1) is 10.3. The van der Waals surface area contributed by atoms with Crippen molar-refractivity contribution in [1.29, 1.82) is 0 Å². The van der Waals surface area contributed by atoms with E-state index in [1.54, 1.807) is 24.5 Å². The molecule has 1 N–H and O–H groups in total. The Labute approximate surface area is 86.1 Å². The van der Waals surface area contributed by atoms with Gasteiger partial charge in [-0.25, -0.2) is 0 Å². The molecule has 0 radical (unpaired) electrons. The van der Waals surface area contributed by atoms with Crippen LogP contribution in [0.25, 0.3) is 0 Å². The van der Waals surface area contributed by atoms with Gasteiger partial charge in [-0.15, -0.1) is 0 Å². The summed E-state index contributed by atoms with van der Waals surface area (Å²) in [7, 11) is 0. The minimum absolute atomic E-state index is 0.456. The Kier molecular flexibility index (Phi) is 3.12. The first-order chi connectivity index (χ1) is 6.00. The number of carbonyl (C=O) groups is 1. The van der Waals surface area contributed by atoms with E-state index < -0.39 is 10.2 Å². The second-order valence-corrected chi connectivity index (χ2v) is 4.28. The molecule has 1 aromatic rings. The van der Waals surface area contributed by atoms with Gasteiger partial charge in [-0.05, 0) is 19.1 Å². The quantitative estimate of drug-likeness (QED) is 0.774. The summed E-state index contributed by atoms with van der Waals surface area (Å²) >= 11 is 11.1. The van der Waals surface area contributed by atoms with E-state index in [9.17, 15) is 4.79 Å². The smallest absolute Gasteiger partial charge is 0.260 e. The van der Waals surface area contributed by atoms with Gasteiger partial charge in [0.25, 0.3) is 5.91 Å². The van der Waals surface area contributed by atoms with Crippen molar-refractivity contribution in [3.63, 3.8) is 0 Å². The van der Waals surface area contributed by atoms with Crippen LogP contribution >= 0.6 is 23.2 Å². The highest BCUT2D eigenvalue weighted by molar-refractivity contribution is 6.58. The summed E-state index contributed by atoms with van der Waals surface area (Å²) in [6.45, 7) is 1.41. The fourth-order valence-corrected chi connectivity index (χ4v) is 0.771. The van der Waals surface area contributed by atoms with E-state index in [-0.39, 0.29) is 0 Å². The minimum Gasteiger partial charge on any atom is -0.323 e. The number of nitrogens with zero attached hydrogens (tertiary/aromatic N) is 1. The first-order valence-corrected chi connectivity index (χ1v) is 4.35. The molecule has 0 fully saturated rings. The molecule has 1 heterocycles. The van der Waals surface area contributed by atoms with Crippen LogP contribution in [0, 0.1) is 0 Å². The van der Waals surface area contributed by atoms with Crippen molar-refractivity contribution in [2.75, 3.05) is 5.32 Å². The zero-order valence-electron chi connectivity index (χ0n) is 6.92. The maximum atomic E-state index is 11.2. The number of rotatable bonds is 2. The van der Waals surface area contributed by atoms with Gasteiger partial charge in [-0.2, -0.15) is 0 Å². The summed E-state index contributed by atoms with van der Waals surface area (Å²) in [6, 6.07) is 3.30. The first-order valence-electron chi connectivity index (χ1n) is 3.59. The van der Waals surface area contributed by atoms with Crippen LogP contribution in [0.1, 0.15) is 6.92 Å². The normalized spacial score (nSPS) is 11.0. The molecular weight excluding hydrogens is 211 g/mol. The molecule has 0 aliphatic carbocycles. The average Bonchev–Trinajstić information content (AvgIpc) is 2.04. The highest BCUT2D eigenvalue weighted by Gasteiger charge is 2.27. The molecular formula is C8H8Cl2N2O. The molecule has 0 atom stereocenters. The number of amides is 1. The van der Waals surface area contributed by atoms with Gasteiger partial charge in [0, 0.05) is 18.1 Å². The van der Waals surface area contributed by atoms with E-state index in [1.807, 2.05) is 0 Å². The van der Waals surface area contributed by atoms with Gasteiger partial charge in [0.15, 0.2) is 4.33 Å². The Morgan fingerprint density at radius 2 is 2.00 bits per heavy atom. The lowest BCUT2D eigenvalue weighted by atomic mass is 10.3. The standard InChI is InChI=1S/C8H8Cl2N2O/c1-8(9,10)7(13)12-6-2-4-11-5-3-6/h2-5H,1H3,(H,11,12,13). The van der Waals surface area contributed by atoms with Crippen molar-refractivity contribution < 1.29 is 4.79 Å². The molecule has 0 aromatic carbocycles. The lowest BCUT2D eigenvalue weighted by molar-refractivity contribution is -0.116. The number of hydrogen-bond acceptors (Lipinski definition) is 2. The largest absolute Gasteiger partial charge is 0.323 e. The predicted octanol–water partition coefficient (Wildman–Crippen LogP) is 2.21. The van der Waals surface area contributed by atoms with Crippen LogP contribution in [-0.4, -0.2) is 15.2 Å². The number of alkyl halides is 2. The summed E-state index contributed by atoms with van der Waals surface area (Å²) in [5, 5.41) is 2.54. The Morgan fingerprint density at radius 1 is 1.46 bits per heavy atom. The number of carbonyl (C=O) groups excluding carboxylic acids is 1. The third-order valence-corrected chi connectivity index (χ3v) is 1.68. The minimum atomic E-state index is -1.41. The summed E-state index contributed by atoms with van der Waals surface area (Å²) in [6.07, 6.45) is 3.13. The Balaban J connectivity index is 2.66. The van der Waals surface area contributed by atoms with E-state index in [0.717, 1.165) is 0 Å². The van der Waals surface area contributed by atoms with E-state index >= 15 is 0 Å². The van der Waals surface area contributed by atoms with Crippen LogP contribution in [0.15, 0.2) is 24.5 Å². The topological polar surface area (TPSA) is 42.0 Å². The molecule has 1 amide bonds. The molecule has 3 nitrogen and oxygen atoms in total.